The van der Waals surface area contributed by atoms with Crippen molar-refractivity contribution in [3.8, 4) is 0 Å². The number of nitrogens with two attached hydrogens (primary N) is 1. The van der Waals surface area contributed by atoms with Gasteiger partial charge in [0.15, 0.2) is 0 Å². The molecule has 3 rings (SSSR count). The Labute approximate surface area is 152 Å². The van der Waals surface area contributed by atoms with Gasteiger partial charge in [-0.2, -0.15) is 5.10 Å². The molecule has 2 aromatic rings. The molecule has 0 spiro atoms. The zero-order chi connectivity index (χ0) is 18.8. The van der Waals surface area contributed by atoms with E-state index in [1.54, 1.807) is 0 Å². The minimum atomic E-state index is -0.884. The second kappa shape index (κ2) is 7.09. The first-order valence-electron chi connectivity index (χ1n) is 7.53. The summed E-state index contributed by atoms with van der Waals surface area (Å²) in [5.41, 5.74) is 6.05. The zero-order valence-corrected chi connectivity index (χ0v) is 14.0. The van der Waals surface area contributed by atoms with Gasteiger partial charge in [0.05, 0.1) is 16.4 Å². The molecule has 0 bridgehead atoms. The lowest BCUT2D eigenvalue weighted by atomic mass is 10.1. The van der Waals surface area contributed by atoms with Gasteiger partial charge in [0.1, 0.15) is 23.4 Å². The summed E-state index contributed by atoms with van der Waals surface area (Å²) in [5.74, 6) is -2.27. The maximum absolute atomic E-state index is 13.1. The highest BCUT2D eigenvalue weighted by Crippen LogP contribution is 2.26. The smallest absolute Gasteiger partial charge is 0.272 e. The number of amides is 2. The Bertz CT molecular complexity index is 902. The lowest BCUT2D eigenvalue weighted by molar-refractivity contribution is -0.119. The minimum absolute atomic E-state index is 0.0267. The molecule has 1 aliphatic rings. The number of primary amides is 1. The third-order valence-corrected chi connectivity index (χ3v) is 4.08. The van der Waals surface area contributed by atoms with Gasteiger partial charge in [0.25, 0.3) is 5.91 Å². The van der Waals surface area contributed by atoms with Crippen molar-refractivity contribution < 1.29 is 18.4 Å². The zero-order valence-electron chi connectivity index (χ0n) is 13.2. The van der Waals surface area contributed by atoms with Crippen LogP contribution in [0.1, 0.15) is 6.42 Å². The summed E-state index contributed by atoms with van der Waals surface area (Å²) in [6, 6.07) is 7.90. The summed E-state index contributed by atoms with van der Waals surface area (Å²) in [5, 5.41) is 7.94. The monoisotopic (exact) mass is 378 g/mol. The van der Waals surface area contributed by atoms with Crippen molar-refractivity contribution >= 4 is 40.5 Å². The highest BCUT2D eigenvalue weighted by molar-refractivity contribution is 6.45. The molecule has 26 heavy (non-hydrogen) atoms. The average Bonchev–Trinajstić information content (AvgIpc) is 3.04. The average molecular weight is 379 g/mol. The number of hydrogen-bond donors (Lipinski definition) is 2. The van der Waals surface area contributed by atoms with Gasteiger partial charge in [0, 0.05) is 6.42 Å². The van der Waals surface area contributed by atoms with Crippen LogP contribution in [0.25, 0.3) is 0 Å². The van der Waals surface area contributed by atoms with Gasteiger partial charge in [-0.25, -0.2) is 8.78 Å². The lowest BCUT2D eigenvalue weighted by Crippen LogP contribution is -2.39. The van der Waals surface area contributed by atoms with E-state index in [2.05, 4.69) is 10.4 Å². The quantitative estimate of drug-likeness (QED) is 0.857. The van der Waals surface area contributed by atoms with Crippen LogP contribution in [0.2, 0.25) is 5.02 Å². The first-order chi connectivity index (χ1) is 12.3. The second-order valence-electron chi connectivity index (χ2n) is 5.57. The first kappa shape index (κ1) is 17.8. The van der Waals surface area contributed by atoms with Gasteiger partial charge in [-0.1, -0.05) is 11.6 Å². The molecule has 1 atom stereocenters. The number of halogens is 3. The molecular weight excluding hydrogens is 366 g/mol. The number of nitrogens with one attached hydrogen (secondary N) is 1. The molecular formula is C17H13ClF2N4O2. The van der Waals surface area contributed by atoms with E-state index >= 15 is 0 Å². The highest BCUT2D eigenvalue weighted by Gasteiger charge is 2.35. The molecule has 134 valence electrons. The number of hydrazone groups is 1. The Morgan fingerprint density at radius 3 is 2.42 bits per heavy atom. The number of hydrogen-bond acceptors (Lipinski definition) is 4. The Morgan fingerprint density at radius 2 is 1.81 bits per heavy atom. The molecule has 0 saturated carbocycles. The van der Waals surface area contributed by atoms with E-state index in [4.69, 9.17) is 17.3 Å². The van der Waals surface area contributed by atoms with Gasteiger partial charge < -0.3 is 11.1 Å². The van der Waals surface area contributed by atoms with Crippen molar-refractivity contribution in [2.24, 2.45) is 10.8 Å². The van der Waals surface area contributed by atoms with Crippen LogP contribution < -0.4 is 16.1 Å². The normalized spacial score (nSPS) is 16.3. The van der Waals surface area contributed by atoms with Crippen LogP contribution in [-0.2, 0) is 9.59 Å². The van der Waals surface area contributed by atoms with Crippen LogP contribution >= 0.6 is 11.6 Å². The largest absolute Gasteiger partial charge is 0.368 e. The van der Waals surface area contributed by atoms with E-state index in [0.717, 1.165) is 12.1 Å². The van der Waals surface area contributed by atoms with Crippen molar-refractivity contribution in [1.29, 1.82) is 0 Å². The number of benzene rings is 2. The topological polar surface area (TPSA) is 87.8 Å². The Hall–Kier alpha value is -3.00. The molecule has 1 unspecified atom stereocenters. The van der Waals surface area contributed by atoms with E-state index in [9.17, 15) is 18.4 Å². The molecule has 9 heteroatoms. The summed E-state index contributed by atoms with van der Waals surface area (Å²) in [7, 11) is 0. The first-order valence-corrected chi connectivity index (χ1v) is 7.91. The molecule has 6 nitrogen and oxygen atoms in total. The Balaban J connectivity index is 1.84. The molecule has 1 aliphatic heterocycles. The molecule has 2 amide bonds. The van der Waals surface area contributed by atoms with E-state index < -0.39 is 29.5 Å². The van der Waals surface area contributed by atoms with Crippen LogP contribution in [0.15, 0.2) is 47.6 Å². The van der Waals surface area contributed by atoms with Crippen molar-refractivity contribution in [1.82, 2.24) is 0 Å². The number of carbonyl (C=O) groups is 2. The van der Waals surface area contributed by atoms with Gasteiger partial charge in [-0.05, 0) is 42.5 Å². The number of anilines is 2. The maximum Gasteiger partial charge on any atom is 0.272 e. The number of rotatable bonds is 4. The third-order valence-electron chi connectivity index (χ3n) is 3.77. The molecule has 0 saturated heterocycles. The lowest BCUT2D eigenvalue weighted by Gasteiger charge is -2.20. The number of carbonyl (C=O) groups excluding carboxylic acids is 2. The summed E-state index contributed by atoms with van der Waals surface area (Å²) in [6.45, 7) is 0. The van der Waals surface area contributed by atoms with E-state index in [1.165, 1.54) is 35.3 Å². The van der Waals surface area contributed by atoms with Gasteiger partial charge in [0.2, 0.25) is 5.91 Å². The Kier molecular flexibility index (Phi) is 4.85. The summed E-state index contributed by atoms with van der Waals surface area (Å²) in [6.07, 6.45) is -0.0304. The van der Waals surface area contributed by atoms with Crippen molar-refractivity contribution in [3.05, 3.63) is 59.1 Å². The third kappa shape index (κ3) is 3.65. The van der Waals surface area contributed by atoms with Gasteiger partial charge in [-0.15, -0.1) is 0 Å². The summed E-state index contributed by atoms with van der Waals surface area (Å²) >= 11 is 5.88. The van der Waals surface area contributed by atoms with Crippen molar-refractivity contribution in [2.45, 2.75) is 12.5 Å². The predicted octanol–water partition coefficient (Wildman–Crippen LogP) is 2.68. The minimum Gasteiger partial charge on any atom is -0.368 e. The van der Waals surface area contributed by atoms with Crippen LogP contribution in [0.5, 0.6) is 0 Å². The standard InChI is InChI=1S/C17H13ClF2N4O2/c18-12-7-10(20)3-6-13(12)22-17(26)14-8-15(16(21)25)24(23-14)11-4-1-9(19)2-5-11/h1-7,15H,8H2,(H2,21,25)(H,22,26). The van der Waals surface area contributed by atoms with E-state index in [1.807, 2.05) is 0 Å². The van der Waals surface area contributed by atoms with Gasteiger partial charge in [-0.3, -0.25) is 14.6 Å². The summed E-state index contributed by atoms with van der Waals surface area (Å²) in [4.78, 5) is 24.1. The van der Waals surface area contributed by atoms with E-state index in [-0.39, 0.29) is 22.8 Å². The molecule has 0 aliphatic carbocycles. The fraction of sp³-hybridized carbons (Fsp3) is 0.118. The molecule has 1 heterocycles. The summed E-state index contributed by atoms with van der Waals surface area (Å²) < 4.78 is 26.2. The van der Waals surface area contributed by atoms with Crippen LogP contribution in [0.3, 0.4) is 0 Å². The highest BCUT2D eigenvalue weighted by atomic mass is 35.5. The molecule has 2 aromatic carbocycles. The van der Waals surface area contributed by atoms with Crippen LogP contribution in [0, 0.1) is 11.6 Å². The molecule has 0 aromatic heterocycles. The fourth-order valence-electron chi connectivity index (χ4n) is 2.49. The second-order valence-corrected chi connectivity index (χ2v) is 5.98. The van der Waals surface area contributed by atoms with Gasteiger partial charge >= 0.3 is 0 Å². The van der Waals surface area contributed by atoms with Crippen LogP contribution in [0.4, 0.5) is 20.2 Å². The molecule has 0 radical (unpaired) electrons. The fourth-order valence-corrected chi connectivity index (χ4v) is 2.70. The van der Waals surface area contributed by atoms with Crippen molar-refractivity contribution in [3.63, 3.8) is 0 Å². The predicted molar refractivity (Wildman–Crippen MR) is 94.0 cm³/mol. The number of nitrogens with zero attached hydrogens (tertiary/aromatic N) is 2. The SMILES string of the molecule is NC(=O)C1CC(C(=O)Nc2ccc(F)cc2Cl)=NN1c1ccc(F)cc1. The molecule has 0 fully saturated rings. The maximum atomic E-state index is 13.1. The Morgan fingerprint density at radius 1 is 1.15 bits per heavy atom. The van der Waals surface area contributed by atoms with E-state index in [0.29, 0.717) is 5.69 Å². The van der Waals surface area contributed by atoms with Crippen molar-refractivity contribution in [2.75, 3.05) is 10.3 Å². The molecule has 3 N–H and O–H groups in total. The van der Waals surface area contributed by atoms with Crippen LogP contribution in [-0.4, -0.2) is 23.6 Å².